The molecule has 0 aliphatic heterocycles. The number of fused-ring (bicyclic) bond motifs is 1. The van der Waals surface area contributed by atoms with Crippen molar-refractivity contribution in [3.05, 3.63) is 99.3 Å². The van der Waals surface area contributed by atoms with Crippen LogP contribution >= 0.6 is 11.3 Å². The number of carboxylic acids is 1. The van der Waals surface area contributed by atoms with Gasteiger partial charge in [0, 0.05) is 11.1 Å². The summed E-state index contributed by atoms with van der Waals surface area (Å²) in [7, 11) is 0. The smallest absolute Gasteiger partial charge is 0.336 e. The highest BCUT2D eigenvalue weighted by Crippen LogP contribution is 2.19. The lowest BCUT2D eigenvalue weighted by Crippen LogP contribution is -2.18. The number of hydrogen-bond donors (Lipinski definition) is 1. The van der Waals surface area contributed by atoms with Crippen molar-refractivity contribution in [2.75, 3.05) is 0 Å². The number of benzene rings is 3. The van der Waals surface area contributed by atoms with Crippen LogP contribution in [0.2, 0.25) is 0 Å². The molecular weight excluding hydrogens is 384 g/mol. The summed E-state index contributed by atoms with van der Waals surface area (Å²) < 4.78 is 1.93. The molecule has 4 aromatic rings. The number of nitrogens with zero attached hydrogens (tertiary/aromatic N) is 2. The largest absolute Gasteiger partial charge is 0.478 e. The van der Waals surface area contributed by atoms with Crippen molar-refractivity contribution in [3.63, 3.8) is 0 Å². The highest BCUT2D eigenvalue weighted by molar-refractivity contribution is 7.09. The molecule has 5 nitrogen and oxygen atoms in total. The van der Waals surface area contributed by atoms with E-state index in [1.807, 2.05) is 35.9 Å². The van der Waals surface area contributed by atoms with Gasteiger partial charge in [-0.25, -0.2) is 4.79 Å². The van der Waals surface area contributed by atoms with E-state index in [2.05, 4.69) is 29.3 Å². The molecule has 0 spiro atoms. The second kappa shape index (κ2) is 7.85. The minimum atomic E-state index is -1.14. The van der Waals surface area contributed by atoms with Crippen molar-refractivity contribution in [1.29, 1.82) is 0 Å². The fourth-order valence-electron chi connectivity index (χ4n) is 3.32. The second-order valence-corrected chi connectivity index (χ2v) is 7.87. The van der Waals surface area contributed by atoms with Crippen molar-refractivity contribution < 1.29 is 14.7 Å². The molecule has 29 heavy (non-hydrogen) atoms. The first kappa shape index (κ1) is 18.8. The first-order chi connectivity index (χ1) is 14.0. The average Bonchev–Trinajstić information content (AvgIpc) is 3.06. The van der Waals surface area contributed by atoms with E-state index in [1.54, 1.807) is 12.1 Å². The molecule has 144 valence electrons. The molecular formula is C23H18N2O3S. The Balaban J connectivity index is 1.76. The van der Waals surface area contributed by atoms with Crippen LogP contribution in [0, 0.1) is 6.92 Å². The zero-order valence-electron chi connectivity index (χ0n) is 15.7. The van der Waals surface area contributed by atoms with Gasteiger partial charge in [0.2, 0.25) is 0 Å². The van der Waals surface area contributed by atoms with E-state index in [1.165, 1.54) is 23.5 Å². The number of thiazole rings is 1. The van der Waals surface area contributed by atoms with E-state index in [9.17, 15) is 14.7 Å². The average molecular weight is 402 g/mol. The summed E-state index contributed by atoms with van der Waals surface area (Å²) in [6.45, 7) is 2.53. The number of aromatic nitrogens is 1. The minimum absolute atomic E-state index is 0.0462. The van der Waals surface area contributed by atoms with Gasteiger partial charge in [0.15, 0.2) is 4.80 Å². The number of amides is 1. The Morgan fingerprint density at radius 3 is 2.45 bits per heavy atom. The first-order valence-corrected chi connectivity index (χ1v) is 9.89. The van der Waals surface area contributed by atoms with E-state index in [-0.39, 0.29) is 11.1 Å². The molecule has 0 aliphatic rings. The maximum absolute atomic E-state index is 12.7. The van der Waals surface area contributed by atoms with Gasteiger partial charge >= 0.3 is 5.97 Å². The van der Waals surface area contributed by atoms with Crippen molar-refractivity contribution in [2.45, 2.75) is 13.5 Å². The fourth-order valence-corrected chi connectivity index (χ4v) is 4.15. The van der Waals surface area contributed by atoms with Crippen molar-refractivity contribution >= 4 is 34.0 Å². The van der Waals surface area contributed by atoms with E-state index < -0.39 is 11.9 Å². The topological polar surface area (TPSA) is 71.7 Å². The van der Waals surface area contributed by atoms with Crippen molar-refractivity contribution in [1.82, 2.24) is 4.57 Å². The van der Waals surface area contributed by atoms with Crippen LogP contribution in [0.25, 0.3) is 10.8 Å². The molecule has 6 heteroatoms. The van der Waals surface area contributed by atoms with Gasteiger partial charge in [-0.2, -0.15) is 4.99 Å². The van der Waals surface area contributed by atoms with Crippen LogP contribution in [0.1, 0.15) is 31.2 Å². The summed E-state index contributed by atoms with van der Waals surface area (Å²) in [5.41, 5.74) is 1.17. The normalized spacial score (nSPS) is 11.7. The molecule has 3 aromatic carbocycles. The molecule has 0 saturated heterocycles. The Hall–Kier alpha value is -3.51. The summed E-state index contributed by atoms with van der Waals surface area (Å²) in [6.07, 6.45) is 1.96. The van der Waals surface area contributed by atoms with Crippen LogP contribution in [0.3, 0.4) is 0 Å². The molecule has 0 aliphatic carbocycles. The van der Waals surface area contributed by atoms with Crippen LogP contribution in [0.5, 0.6) is 0 Å². The van der Waals surface area contributed by atoms with E-state index >= 15 is 0 Å². The van der Waals surface area contributed by atoms with Crippen LogP contribution in [0.15, 0.2) is 77.9 Å². The molecule has 1 aromatic heterocycles. The van der Waals surface area contributed by atoms with E-state index in [0.717, 1.165) is 21.2 Å². The lowest BCUT2D eigenvalue weighted by atomic mass is 10.0. The van der Waals surface area contributed by atoms with Gasteiger partial charge in [0.05, 0.1) is 17.7 Å². The van der Waals surface area contributed by atoms with Gasteiger partial charge in [-0.15, -0.1) is 11.3 Å². The number of carbonyl (C=O) groups is 2. The van der Waals surface area contributed by atoms with Crippen molar-refractivity contribution in [2.24, 2.45) is 4.99 Å². The number of aryl methyl sites for hydroxylation is 1. The zero-order valence-corrected chi connectivity index (χ0v) is 16.5. The van der Waals surface area contributed by atoms with Gasteiger partial charge in [-0.3, -0.25) is 4.79 Å². The summed E-state index contributed by atoms with van der Waals surface area (Å²) in [6, 6.07) is 20.4. The van der Waals surface area contributed by atoms with Gasteiger partial charge in [0.25, 0.3) is 5.91 Å². The van der Waals surface area contributed by atoms with Gasteiger partial charge in [-0.05, 0) is 35.4 Å². The van der Waals surface area contributed by atoms with E-state index in [4.69, 9.17) is 0 Å². The first-order valence-electron chi connectivity index (χ1n) is 9.08. The molecule has 0 atom stereocenters. The lowest BCUT2D eigenvalue weighted by Gasteiger charge is -2.08. The zero-order chi connectivity index (χ0) is 20.4. The number of carboxylic acid groups (broad SMARTS) is 1. The molecule has 4 rings (SSSR count). The molecule has 0 saturated carbocycles. The molecule has 1 heterocycles. The number of aromatic carboxylic acids is 1. The Morgan fingerprint density at radius 2 is 1.66 bits per heavy atom. The summed E-state index contributed by atoms with van der Waals surface area (Å²) in [5, 5.41) is 11.6. The fraction of sp³-hybridized carbons (Fsp3) is 0.0870. The monoisotopic (exact) mass is 402 g/mol. The Labute approximate surface area is 171 Å². The van der Waals surface area contributed by atoms with Crippen LogP contribution in [-0.2, 0) is 6.54 Å². The third-order valence-electron chi connectivity index (χ3n) is 4.64. The Kier molecular flexibility index (Phi) is 5.10. The SMILES string of the molecule is Cc1cn(Cc2cccc3ccccc23)/c(=N/C(=O)c2ccccc2C(=O)O)s1. The molecule has 1 N–H and O–H groups in total. The maximum atomic E-state index is 12.7. The summed E-state index contributed by atoms with van der Waals surface area (Å²) >= 11 is 1.40. The highest BCUT2D eigenvalue weighted by Gasteiger charge is 2.15. The third kappa shape index (κ3) is 3.88. The standard InChI is InChI=1S/C23H18N2O3S/c1-15-13-25(14-17-9-6-8-16-7-2-3-10-18(16)17)23(29-15)24-21(26)19-11-4-5-12-20(19)22(27)28/h2-13H,14H2,1H3,(H,27,28)/b24-23-. The molecule has 0 unspecified atom stereocenters. The lowest BCUT2D eigenvalue weighted by molar-refractivity contribution is 0.0692. The Morgan fingerprint density at radius 1 is 0.966 bits per heavy atom. The van der Waals surface area contributed by atoms with Crippen LogP contribution in [0.4, 0.5) is 0 Å². The molecule has 0 fully saturated rings. The Bertz CT molecular complexity index is 1300. The van der Waals surface area contributed by atoms with Crippen LogP contribution < -0.4 is 4.80 Å². The van der Waals surface area contributed by atoms with Crippen LogP contribution in [-0.4, -0.2) is 21.6 Å². The predicted molar refractivity (Wildman–Crippen MR) is 113 cm³/mol. The molecule has 0 radical (unpaired) electrons. The molecule has 0 bridgehead atoms. The predicted octanol–water partition coefficient (Wildman–Crippen LogP) is 4.50. The van der Waals surface area contributed by atoms with E-state index in [0.29, 0.717) is 11.3 Å². The minimum Gasteiger partial charge on any atom is -0.478 e. The quantitative estimate of drug-likeness (QED) is 0.546. The van der Waals surface area contributed by atoms with Gasteiger partial charge < -0.3 is 9.67 Å². The number of carbonyl (C=O) groups excluding carboxylic acids is 1. The summed E-state index contributed by atoms with van der Waals surface area (Å²) in [4.78, 5) is 30.0. The molecule has 1 amide bonds. The van der Waals surface area contributed by atoms with Gasteiger partial charge in [-0.1, -0.05) is 54.6 Å². The third-order valence-corrected chi connectivity index (χ3v) is 5.58. The van der Waals surface area contributed by atoms with Crippen molar-refractivity contribution in [3.8, 4) is 0 Å². The van der Waals surface area contributed by atoms with Gasteiger partial charge in [0.1, 0.15) is 0 Å². The summed E-state index contributed by atoms with van der Waals surface area (Å²) in [5.74, 6) is -1.70. The second-order valence-electron chi connectivity index (χ2n) is 6.66. The highest BCUT2D eigenvalue weighted by atomic mass is 32.1. The number of hydrogen-bond acceptors (Lipinski definition) is 3. The number of rotatable bonds is 4. The maximum Gasteiger partial charge on any atom is 0.336 e.